The third kappa shape index (κ3) is 3.18. The molecule has 94 valence electrons. The Morgan fingerprint density at radius 1 is 1.56 bits per heavy atom. The molecule has 2 aromatic rings. The van der Waals surface area contributed by atoms with Crippen molar-refractivity contribution in [2.45, 2.75) is 6.54 Å². The Kier molecular flexibility index (Phi) is 4.15. The van der Waals surface area contributed by atoms with E-state index in [1.54, 1.807) is 11.3 Å². The summed E-state index contributed by atoms with van der Waals surface area (Å²) < 4.78 is 1.01. The molecule has 2 aromatic heterocycles. The lowest BCUT2D eigenvalue weighted by molar-refractivity contribution is -0.384. The standard InChI is InChI=1S/C10H7BrClN3O2S/c11-9-2-1-7(18-9)5-14-10-8(15(16)17)3-6(12)4-13-10/h1-4H,5H2,(H,13,14). The van der Waals surface area contributed by atoms with E-state index >= 15 is 0 Å². The Morgan fingerprint density at radius 3 is 2.94 bits per heavy atom. The van der Waals surface area contributed by atoms with Gasteiger partial charge in [-0.15, -0.1) is 11.3 Å². The highest BCUT2D eigenvalue weighted by molar-refractivity contribution is 9.11. The van der Waals surface area contributed by atoms with Gasteiger partial charge in [0, 0.05) is 17.1 Å². The zero-order chi connectivity index (χ0) is 13.1. The van der Waals surface area contributed by atoms with Crippen molar-refractivity contribution in [3.63, 3.8) is 0 Å². The minimum Gasteiger partial charge on any atom is -0.359 e. The molecule has 0 radical (unpaired) electrons. The van der Waals surface area contributed by atoms with Crippen molar-refractivity contribution >= 4 is 50.4 Å². The molecule has 2 heterocycles. The van der Waals surface area contributed by atoms with Gasteiger partial charge < -0.3 is 5.32 Å². The van der Waals surface area contributed by atoms with E-state index in [4.69, 9.17) is 11.6 Å². The van der Waals surface area contributed by atoms with Crippen LogP contribution in [0.2, 0.25) is 5.02 Å². The van der Waals surface area contributed by atoms with Gasteiger partial charge in [-0.25, -0.2) is 4.98 Å². The van der Waals surface area contributed by atoms with Crippen LogP contribution in [0.4, 0.5) is 11.5 Å². The average molecular weight is 349 g/mol. The predicted molar refractivity (Wildman–Crippen MR) is 75.2 cm³/mol. The zero-order valence-electron chi connectivity index (χ0n) is 8.89. The fourth-order valence-corrected chi connectivity index (χ4v) is 2.90. The molecule has 1 N–H and O–H groups in total. The highest BCUT2D eigenvalue weighted by atomic mass is 79.9. The van der Waals surface area contributed by atoms with E-state index in [0.717, 1.165) is 8.66 Å². The first-order valence-corrected chi connectivity index (χ1v) is 6.83. The molecule has 18 heavy (non-hydrogen) atoms. The molecule has 0 aliphatic heterocycles. The van der Waals surface area contributed by atoms with E-state index in [0.29, 0.717) is 6.54 Å². The number of anilines is 1. The number of aromatic nitrogens is 1. The molecule has 0 amide bonds. The van der Waals surface area contributed by atoms with Crippen molar-refractivity contribution in [2.24, 2.45) is 0 Å². The highest BCUT2D eigenvalue weighted by Crippen LogP contribution is 2.27. The van der Waals surface area contributed by atoms with E-state index in [-0.39, 0.29) is 16.5 Å². The Bertz CT molecular complexity index is 590. The summed E-state index contributed by atoms with van der Waals surface area (Å²) in [6, 6.07) is 5.14. The second-order valence-corrected chi connectivity index (χ2v) is 6.32. The molecule has 0 aliphatic rings. The van der Waals surface area contributed by atoms with Crippen molar-refractivity contribution in [3.05, 3.63) is 48.2 Å². The number of hydrogen-bond donors (Lipinski definition) is 1. The molecular weight excluding hydrogens is 342 g/mol. The van der Waals surface area contributed by atoms with Gasteiger partial charge in [0.2, 0.25) is 5.82 Å². The monoisotopic (exact) mass is 347 g/mol. The Morgan fingerprint density at radius 2 is 2.33 bits per heavy atom. The summed E-state index contributed by atoms with van der Waals surface area (Å²) in [5.41, 5.74) is -0.127. The largest absolute Gasteiger partial charge is 0.359 e. The SMILES string of the molecule is O=[N+]([O-])c1cc(Cl)cnc1NCc1ccc(Br)s1. The number of hydrogen-bond acceptors (Lipinski definition) is 5. The van der Waals surface area contributed by atoms with Gasteiger partial charge in [-0.05, 0) is 28.1 Å². The number of pyridine rings is 1. The van der Waals surface area contributed by atoms with E-state index in [1.807, 2.05) is 12.1 Å². The quantitative estimate of drug-likeness (QED) is 0.668. The van der Waals surface area contributed by atoms with Crippen LogP contribution in [0.1, 0.15) is 4.88 Å². The van der Waals surface area contributed by atoms with Crippen LogP contribution in [0.3, 0.4) is 0 Å². The maximum Gasteiger partial charge on any atom is 0.312 e. The molecule has 0 unspecified atom stereocenters. The minimum absolute atomic E-state index is 0.127. The van der Waals surface area contributed by atoms with Crippen molar-refractivity contribution in [1.82, 2.24) is 4.98 Å². The summed E-state index contributed by atoms with van der Waals surface area (Å²) in [7, 11) is 0. The normalized spacial score (nSPS) is 10.3. The maximum absolute atomic E-state index is 10.9. The second kappa shape index (κ2) is 5.64. The smallest absolute Gasteiger partial charge is 0.312 e. The van der Waals surface area contributed by atoms with E-state index in [9.17, 15) is 10.1 Å². The van der Waals surface area contributed by atoms with Gasteiger partial charge in [0.1, 0.15) is 0 Å². The van der Waals surface area contributed by atoms with Crippen molar-refractivity contribution in [1.29, 1.82) is 0 Å². The molecular formula is C10H7BrClN3O2S. The number of thiophene rings is 1. The van der Waals surface area contributed by atoms with Crippen molar-refractivity contribution < 1.29 is 4.92 Å². The van der Waals surface area contributed by atoms with Crippen LogP contribution in [0.5, 0.6) is 0 Å². The van der Waals surface area contributed by atoms with Gasteiger partial charge in [-0.3, -0.25) is 10.1 Å². The summed E-state index contributed by atoms with van der Waals surface area (Å²) in [6.07, 6.45) is 1.38. The average Bonchev–Trinajstić information content (AvgIpc) is 2.73. The van der Waals surface area contributed by atoms with Crippen LogP contribution in [-0.4, -0.2) is 9.91 Å². The lowest BCUT2D eigenvalue weighted by atomic mass is 10.4. The molecule has 0 saturated heterocycles. The summed E-state index contributed by atoms with van der Waals surface area (Å²) in [5, 5.41) is 14.0. The van der Waals surface area contributed by atoms with Gasteiger partial charge in [0.15, 0.2) is 0 Å². The molecule has 0 spiro atoms. The molecule has 0 aromatic carbocycles. The lowest BCUT2D eigenvalue weighted by Crippen LogP contribution is -2.03. The van der Waals surface area contributed by atoms with Crippen LogP contribution in [-0.2, 0) is 6.54 Å². The lowest BCUT2D eigenvalue weighted by Gasteiger charge is -2.04. The topological polar surface area (TPSA) is 68.1 Å². The van der Waals surface area contributed by atoms with Crippen LogP contribution in [0, 0.1) is 10.1 Å². The predicted octanol–water partition coefficient (Wildman–Crippen LogP) is 4.08. The summed E-state index contributed by atoms with van der Waals surface area (Å²) >= 11 is 10.6. The molecule has 0 atom stereocenters. The molecule has 0 saturated carbocycles. The first-order valence-electron chi connectivity index (χ1n) is 4.84. The van der Waals surface area contributed by atoms with Crippen LogP contribution in [0.25, 0.3) is 0 Å². The third-order valence-corrected chi connectivity index (χ3v) is 3.92. The van der Waals surface area contributed by atoms with E-state index < -0.39 is 4.92 Å². The third-order valence-electron chi connectivity index (χ3n) is 2.09. The minimum atomic E-state index is -0.508. The number of nitrogens with one attached hydrogen (secondary N) is 1. The first kappa shape index (κ1) is 13.3. The van der Waals surface area contributed by atoms with Gasteiger partial charge >= 0.3 is 5.69 Å². The fraction of sp³-hybridized carbons (Fsp3) is 0.100. The molecule has 5 nitrogen and oxygen atoms in total. The van der Waals surface area contributed by atoms with Crippen molar-refractivity contribution in [2.75, 3.05) is 5.32 Å². The van der Waals surface area contributed by atoms with Crippen LogP contribution in [0.15, 0.2) is 28.2 Å². The van der Waals surface area contributed by atoms with Gasteiger partial charge in [-0.1, -0.05) is 11.6 Å². The number of nitro groups is 1. The summed E-state index contributed by atoms with van der Waals surface area (Å²) in [6.45, 7) is 0.478. The van der Waals surface area contributed by atoms with Crippen molar-refractivity contribution in [3.8, 4) is 0 Å². The van der Waals surface area contributed by atoms with E-state index in [2.05, 4.69) is 26.2 Å². The highest BCUT2D eigenvalue weighted by Gasteiger charge is 2.15. The zero-order valence-corrected chi connectivity index (χ0v) is 12.1. The van der Waals surface area contributed by atoms with Crippen LogP contribution >= 0.6 is 38.9 Å². The molecule has 2 rings (SSSR count). The second-order valence-electron chi connectivity index (χ2n) is 3.34. The molecule has 8 heteroatoms. The first-order chi connectivity index (χ1) is 8.56. The van der Waals surface area contributed by atoms with Gasteiger partial charge in [0.25, 0.3) is 0 Å². The number of rotatable bonds is 4. The Balaban J connectivity index is 2.16. The number of halogens is 2. The molecule has 0 aliphatic carbocycles. The summed E-state index contributed by atoms with van der Waals surface area (Å²) in [4.78, 5) is 15.3. The molecule has 0 fully saturated rings. The van der Waals surface area contributed by atoms with E-state index in [1.165, 1.54) is 12.3 Å². The van der Waals surface area contributed by atoms with Crippen LogP contribution < -0.4 is 5.32 Å². The molecule has 0 bridgehead atoms. The number of nitrogens with zero attached hydrogens (tertiary/aromatic N) is 2. The fourth-order valence-electron chi connectivity index (χ4n) is 1.32. The Hall–Kier alpha value is -1.18. The Labute approximate surface area is 120 Å². The maximum atomic E-state index is 10.9. The van der Waals surface area contributed by atoms with Gasteiger partial charge in [-0.2, -0.15) is 0 Å². The summed E-state index contributed by atoms with van der Waals surface area (Å²) in [5.74, 6) is 0.217. The van der Waals surface area contributed by atoms with Gasteiger partial charge in [0.05, 0.1) is 20.3 Å².